The second kappa shape index (κ2) is 4.33. The molecule has 0 aliphatic carbocycles. The molecule has 0 aliphatic heterocycles. The first-order chi connectivity index (χ1) is 9.47. The van der Waals surface area contributed by atoms with Crippen LogP contribution in [0.15, 0.2) is 46.9 Å². The minimum atomic E-state index is -4.88. The van der Waals surface area contributed by atoms with Gasteiger partial charge in [0.15, 0.2) is 0 Å². The Morgan fingerprint density at radius 1 is 0.950 bits per heavy atom. The average Bonchev–Trinajstić information content (AvgIpc) is 2.80. The topological polar surface area (TPSA) is 26.0 Å². The van der Waals surface area contributed by atoms with Gasteiger partial charge in [-0.25, -0.2) is 4.98 Å². The molecule has 0 radical (unpaired) electrons. The largest absolute Gasteiger partial charge is 0.439 e. The van der Waals surface area contributed by atoms with Crippen LogP contribution in [-0.4, -0.2) is 4.98 Å². The summed E-state index contributed by atoms with van der Waals surface area (Å²) >= 11 is 0. The minimum Gasteiger partial charge on any atom is -0.410 e. The van der Waals surface area contributed by atoms with Crippen molar-refractivity contribution in [2.75, 3.05) is 0 Å². The van der Waals surface area contributed by atoms with Gasteiger partial charge in [0.05, 0.1) is 0 Å². The molecule has 0 bridgehead atoms. The number of alkyl halides is 3. The van der Waals surface area contributed by atoms with Crippen LogP contribution in [-0.2, 0) is 6.18 Å². The Hall–Kier alpha value is -2.37. The fraction of sp³-hybridized carbons (Fsp3) is 0.0714. The number of hydrogen-bond acceptors (Lipinski definition) is 2. The molecule has 1 heterocycles. The Morgan fingerprint density at radius 2 is 1.65 bits per heavy atom. The van der Waals surface area contributed by atoms with Crippen molar-refractivity contribution in [3.63, 3.8) is 0 Å². The monoisotopic (exact) mass is 281 g/mol. The molecule has 0 aliphatic rings. The molecule has 1 aromatic heterocycles. The Bertz CT molecular complexity index is 771. The highest BCUT2D eigenvalue weighted by atomic mass is 19.4. The van der Waals surface area contributed by atoms with Crippen LogP contribution in [0.2, 0.25) is 0 Å². The van der Waals surface area contributed by atoms with Gasteiger partial charge in [0.25, 0.3) is 0 Å². The quantitative estimate of drug-likeness (QED) is 0.607. The lowest BCUT2D eigenvalue weighted by atomic mass is 10.0. The average molecular weight is 281 g/mol. The van der Waals surface area contributed by atoms with Gasteiger partial charge in [-0.3, -0.25) is 0 Å². The molecule has 20 heavy (non-hydrogen) atoms. The van der Waals surface area contributed by atoms with Crippen molar-refractivity contribution in [3.8, 4) is 11.5 Å². The molecular formula is C14H7F4NO. The number of fused-ring (bicyclic) bond motifs is 1. The number of nitrogens with zero attached hydrogens (tertiary/aromatic N) is 1. The molecule has 2 nitrogen and oxygen atoms in total. The zero-order chi connectivity index (χ0) is 14.3. The first-order valence-corrected chi connectivity index (χ1v) is 5.68. The summed E-state index contributed by atoms with van der Waals surface area (Å²) in [6, 6.07) is 10.3. The molecule has 0 amide bonds. The molecule has 2 aromatic carbocycles. The normalized spacial score (nSPS) is 12.0. The van der Waals surface area contributed by atoms with E-state index in [1.807, 2.05) is 0 Å². The molecule has 0 atom stereocenters. The second-order valence-electron chi connectivity index (χ2n) is 4.17. The van der Waals surface area contributed by atoms with E-state index in [1.54, 1.807) is 36.4 Å². The Labute approximate surface area is 110 Å². The van der Waals surface area contributed by atoms with Gasteiger partial charge in [-0.1, -0.05) is 36.4 Å². The van der Waals surface area contributed by atoms with Crippen LogP contribution in [0.3, 0.4) is 0 Å². The van der Waals surface area contributed by atoms with E-state index >= 15 is 0 Å². The molecule has 0 saturated carbocycles. The van der Waals surface area contributed by atoms with E-state index in [0.717, 1.165) is 5.39 Å². The third kappa shape index (κ3) is 2.03. The standard InChI is InChI=1S/C14H7F4NO/c15-12-11(14(16,17)18)19-13(20-12)10-7-3-5-8-4-1-2-6-9(8)10/h1-7H. The lowest BCUT2D eigenvalue weighted by Crippen LogP contribution is -2.07. The summed E-state index contributed by atoms with van der Waals surface area (Å²) in [5.41, 5.74) is -1.32. The number of halogens is 4. The minimum absolute atomic E-state index is 0.317. The van der Waals surface area contributed by atoms with Gasteiger partial charge in [-0.15, -0.1) is 0 Å². The maximum absolute atomic E-state index is 13.2. The molecule has 0 spiro atoms. The molecule has 0 N–H and O–H groups in total. The molecule has 0 saturated heterocycles. The maximum atomic E-state index is 13.2. The fourth-order valence-electron chi connectivity index (χ4n) is 2.00. The Kier molecular flexibility index (Phi) is 2.74. The van der Waals surface area contributed by atoms with Gasteiger partial charge in [0, 0.05) is 5.56 Å². The molecule has 0 unspecified atom stereocenters. The zero-order valence-electron chi connectivity index (χ0n) is 9.91. The smallest absolute Gasteiger partial charge is 0.410 e. The van der Waals surface area contributed by atoms with Crippen LogP contribution in [0.4, 0.5) is 17.6 Å². The number of benzene rings is 2. The Balaban J connectivity index is 2.22. The highest BCUT2D eigenvalue weighted by molar-refractivity contribution is 5.94. The summed E-state index contributed by atoms with van der Waals surface area (Å²) in [6.07, 6.45) is -4.88. The lowest BCUT2D eigenvalue weighted by Gasteiger charge is -2.02. The van der Waals surface area contributed by atoms with Crippen LogP contribution in [0.1, 0.15) is 5.69 Å². The SMILES string of the molecule is Fc1oc(-c2cccc3ccccc23)nc1C(F)(F)F. The molecule has 6 heteroatoms. The number of hydrogen-bond donors (Lipinski definition) is 0. The van der Waals surface area contributed by atoms with Gasteiger partial charge >= 0.3 is 12.2 Å². The van der Waals surface area contributed by atoms with Crippen molar-refractivity contribution < 1.29 is 22.0 Å². The van der Waals surface area contributed by atoms with Crippen molar-refractivity contribution in [1.82, 2.24) is 4.98 Å². The third-order valence-electron chi connectivity index (χ3n) is 2.87. The first-order valence-electron chi connectivity index (χ1n) is 5.68. The first kappa shape index (κ1) is 12.7. The van der Waals surface area contributed by atoms with Gasteiger partial charge in [-0.05, 0) is 16.8 Å². The number of oxazole rings is 1. The molecular weight excluding hydrogens is 274 g/mol. The summed E-state index contributed by atoms with van der Waals surface area (Å²) in [5.74, 6) is -0.383. The van der Waals surface area contributed by atoms with E-state index < -0.39 is 17.9 Å². The lowest BCUT2D eigenvalue weighted by molar-refractivity contribution is -0.144. The van der Waals surface area contributed by atoms with Crippen LogP contribution in [0.5, 0.6) is 0 Å². The van der Waals surface area contributed by atoms with Crippen molar-refractivity contribution in [3.05, 3.63) is 54.2 Å². The molecule has 3 aromatic rings. The van der Waals surface area contributed by atoms with Crippen LogP contribution >= 0.6 is 0 Å². The summed E-state index contributed by atoms with van der Waals surface area (Å²) in [5, 5.41) is 1.45. The summed E-state index contributed by atoms with van der Waals surface area (Å²) in [6.45, 7) is 0. The van der Waals surface area contributed by atoms with E-state index in [2.05, 4.69) is 9.40 Å². The van der Waals surface area contributed by atoms with Gasteiger partial charge in [0.1, 0.15) is 0 Å². The van der Waals surface area contributed by atoms with E-state index in [0.29, 0.717) is 10.9 Å². The van der Waals surface area contributed by atoms with E-state index in [-0.39, 0.29) is 5.89 Å². The molecule has 102 valence electrons. The van der Waals surface area contributed by atoms with E-state index in [1.165, 1.54) is 6.07 Å². The number of aromatic nitrogens is 1. The molecule has 0 fully saturated rings. The van der Waals surface area contributed by atoms with Gasteiger partial charge in [0.2, 0.25) is 11.6 Å². The van der Waals surface area contributed by atoms with Crippen molar-refractivity contribution >= 4 is 10.8 Å². The van der Waals surface area contributed by atoms with E-state index in [9.17, 15) is 17.6 Å². The second-order valence-corrected chi connectivity index (χ2v) is 4.17. The van der Waals surface area contributed by atoms with Crippen LogP contribution in [0, 0.1) is 6.01 Å². The van der Waals surface area contributed by atoms with Gasteiger partial charge < -0.3 is 4.42 Å². The van der Waals surface area contributed by atoms with E-state index in [4.69, 9.17) is 0 Å². The van der Waals surface area contributed by atoms with Crippen molar-refractivity contribution in [2.45, 2.75) is 6.18 Å². The maximum Gasteiger partial charge on any atom is 0.439 e. The third-order valence-corrected chi connectivity index (χ3v) is 2.87. The van der Waals surface area contributed by atoms with Crippen LogP contribution in [0.25, 0.3) is 22.2 Å². The fourth-order valence-corrected chi connectivity index (χ4v) is 2.00. The van der Waals surface area contributed by atoms with Crippen LogP contribution < -0.4 is 0 Å². The summed E-state index contributed by atoms with van der Waals surface area (Å²) < 4.78 is 55.4. The number of rotatable bonds is 1. The highest BCUT2D eigenvalue weighted by Crippen LogP contribution is 2.35. The van der Waals surface area contributed by atoms with Gasteiger partial charge in [-0.2, -0.15) is 17.6 Å². The Morgan fingerprint density at radius 3 is 2.35 bits per heavy atom. The van der Waals surface area contributed by atoms with Crippen molar-refractivity contribution in [1.29, 1.82) is 0 Å². The van der Waals surface area contributed by atoms with Crippen molar-refractivity contribution in [2.24, 2.45) is 0 Å². The molecule has 3 rings (SSSR count). The zero-order valence-corrected chi connectivity index (χ0v) is 9.91. The highest BCUT2D eigenvalue weighted by Gasteiger charge is 2.39. The summed E-state index contributed by atoms with van der Waals surface area (Å²) in [7, 11) is 0. The predicted octanol–water partition coefficient (Wildman–Crippen LogP) is 4.65. The summed E-state index contributed by atoms with van der Waals surface area (Å²) in [4.78, 5) is 3.23. The predicted molar refractivity (Wildman–Crippen MR) is 64.4 cm³/mol.